The molecule has 0 saturated carbocycles. The Balaban J connectivity index is 1.39. The number of carbonyl (C=O) groups excluding carboxylic acids is 2. The van der Waals surface area contributed by atoms with E-state index in [0.29, 0.717) is 29.9 Å². The van der Waals surface area contributed by atoms with E-state index in [4.69, 9.17) is 14.2 Å². The Labute approximate surface area is 233 Å². The van der Waals surface area contributed by atoms with E-state index in [0.717, 1.165) is 51.7 Å². The smallest absolute Gasteiger partial charge is 0.310 e. The Morgan fingerprint density at radius 2 is 1.56 bits per heavy atom. The predicted octanol–water partition coefficient (Wildman–Crippen LogP) is 6.99. The Bertz CT molecular complexity index is 1440. The second-order valence-corrected chi connectivity index (χ2v) is 10.7. The second-order valence-electron chi connectivity index (χ2n) is 9.62. The number of ketones is 1. The summed E-state index contributed by atoms with van der Waals surface area (Å²) in [6.07, 6.45) is 4.15. The van der Waals surface area contributed by atoms with Crippen molar-refractivity contribution in [1.82, 2.24) is 4.90 Å². The maximum atomic E-state index is 13.9. The Morgan fingerprint density at radius 3 is 2.26 bits per heavy atom. The molecule has 2 heterocycles. The van der Waals surface area contributed by atoms with Gasteiger partial charge in [0.2, 0.25) is 0 Å². The molecular formula is C32H33NO5S. The number of thiophene rings is 1. The monoisotopic (exact) mass is 543 g/mol. The minimum atomic E-state index is -0.286. The molecule has 4 aromatic rings. The van der Waals surface area contributed by atoms with E-state index in [9.17, 15) is 9.59 Å². The number of hydrogen-bond donors (Lipinski definition) is 0. The lowest BCUT2D eigenvalue weighted by Gasteiger charge is -2.26. The van der Waals surface area contributed by atoms with E-state index in [1.54, 1.807) is 37.5 Å². The van der Waals surface area contributed by atoms with Crippen molar-refractivity contribution in [2.45, 2.75) is 32.6 Å². The second kappa shape index (κ2) is 12.5. The van der Waals surface area contributed by atoms with E-state index < -0.39 is 0 Å². The molecule has 0 aliphatic carbocycles. The first kappa shape index (κ1) is 26.9. The Kier molecular flexibility index (Phi) is 8.59. The molecule has 1 aliphatic heterocycles. The summed E-state index contributed by atoms with van der Waals surface area (Å²) in [6.45, 7) is 5.61. The summed E-state index contributed by atoms with van der Waals surface area (Å²) < 4.78 is 17.7. The van der Waals surface area contributed by atoms with Crippen LogP contribution in [-0.4, -0.2) is 50.0 Å². The van der Waals surface area contributed by atoms with Gasteiger partial charge in [0.1, 0.15) is 23.9 Å². The van der Waals surface area contributed by atoms with Crippen molar-refractivity contribution >= 4 is 33.2 Å². The quantitative estimate of drug-likeness (QED) is 0.122. The zero-order valence-electron chi connectivity index (χ0n) is 22.4. The van der Waals surface area contributed by atoms with Crippen LogP contribution in [0.3, 0.4) is 0 Å². The van der Waals surface area contributed by atoms with E-state index in [1.807, 2.05) is 54.6 Å². The number of nitrogens with zero attached hydrogens (tertiary/aromatic N) is 1. The number of ether oxygens (including phenoxy) is 3. The zero-order valence-corrected chi connectivity index (χ0v) is 23.2. The molecule has 1 aromatic heterocycles. The fourth-order valence-electron chi connectivity index (χ4n) is 4.83. The van der Waals surface area contributed by atoms with Crippen LogP contribution in [0, 0.1) is 0 Å². The highest BCUT2D eigenvalue weighted by Crippen LogP contribution is 2.41. The number of esters is 1. The molecule has 1 fully saturated rings. The Hall–Kier alpha value is -3.68. The first-order valence-corrected chi connectivity index (χ1v) is 14.3. The van der Waals surface area contributed by atoms with Crippen molar-refractivity contribution in [2.24, 2.45) is 0 Å². The van der Waals surface area contributed by atoms with Gasteiger partial charge in [0.15, 0.2) is 5.78 Å². The summed E-state index contributed by atoms with van der Waals surface area (Å²) in [5, 5.41) is 0.879. The fraction of sp³-hybridized carbons (Fsp3) is 0.312. The number of fused-ring (bicyclic) bond motifs is 1. The maximum Gasteiger partial charge on any atom is 0.310 e. The maximum absolute atomic E-state index is 13.9. The summed E-state index contributed by atoms with van der Waals surface area (Å²) in [5.74, 6) is 1.65. The van der Waals surface area contributed by atoms with Crippen LogP contribution in [0.1, 0.15) is 48.5 Å². The predicted molar refractivity (Wildman–Crippen MR) is 155 cm³/mol. The Morgan fingerprint density at radius 1 is 0.872 bits per heavy atom. The molecule has 1 saturated heterocycles. The van der Waals surface area contributed by atoms with Gasteiger partial charge in [-0.3, -0.25) is 14.5 Å². The summed E-state index contributed by atoms with van der Waals surface area (Å²) in [7, 11) is 1.63. The third-order valence-electron chi connectivity index (χ3n) is 7.00. The highest BCUT2D eigenvalue weighted by molar-refractivity contribution is 7.22. The minimum absolute atomic E-state index is 0.0530. The van der Waals surface area contributed by atoms with Crippen molar-refractivity contribution in [3.8, 4) is 27.7 Å². The highest BCUT2D eigenvalue weighted by Gasteiger charge is 2.22. The van der Waals surface area contributed by atoms with E-state index >= 15 is 0 Å². The van der Waals surface area contributed by atoms with Crippen molar-refractivity contribution in [1.29, 1.82) is 0 Å². The molecule has 7 heteroatoms. The molecule has 5 rings (SSSR count). The van der Waals surface area contributed by atoms with Crippen molar-refractivity contribution in [2.75, 3.05) is 33.4 Å². The first-order valence-electron chi connectivity index (χ1n) is 13.5. The third-order valence-corrected chi connectivity index (χ3v) is 8.20. The highest BCUT2D eigenvalue weighted by atomic mass is 32.1. The molecule has 1 aliphatic rings. The largest absolute Gasteiger partial charge is 0.497 e. The number of benzene rings is 3. The average Bonchev–Trinajstić information content (AvgIpc) is 3.36. The topological polar surface area (TPSA) is 65.1 Å². The summed E-state index contributed by atoms with van der Waals surface area (Å²) in [5.41, 5.74) is 2.13. The molecular weight excluding hydrogens is 510 g/mol. The van der Waals surface area contributed by atoms with Gasteiger partial charge in [-0.15, -0.1) is 11.3 Å². The number of piperidine rings is 1. The van der Waals surface area contributed by atoms with Crippen molar-refractivity contribution < 1.29 is 23.8 Å². The number of rotatable bonds is 10. The van der Waals surface area contributed by atoms with Gasteiger partial charge in [-0.25, -0.2) is 0 Å². The van der Waals surface area contributed by atoms with E-state index in [1.165, 1.54) is 19.3 Å². The number of carbonyl (C=O) groups is 2. The van der Waals surface area contributed by atoms with Crippen LogP contribution in [0.5, 0.6) is 17.2 Å². The number of methoxy groups -OCH3 is 1. The standard InChI is InChI=1S/C32H33NO5S/c1-3-29(34)38-25-13-9-23(10-14-25)32-30(27-16-15-26(36-2)21-28(27)39-32)31(35)22-7-11-24(12-8-22)37-20-19-33-17-5-4-6-18-33/h7-16,21H,3-6,17-20H2,1-2H3. The zero-order chi connectivity index (χ0) is 27.2. The van der Waals surface area contributed by atoms with Crippen LogP contribution < -0.4 is 14.2 Å². The van der Waals surface area contributed by atoms with Gasteiger partial charge in [0, 0.05) is 39.1 Å². The molecule has 0 spiro atoms. The van der Waals surface area contributed by atoms with Crippen LogP contribution >= 0.6 is 11.3 Å². The van der Waals surface area contributed by atoms with Crippen LogP contribution in [0.15, 0.2) is 66.7 Å². The normalized spacial score (nSPS) is 13.8. The summed E-state index contributed by atoms with van der Waals surface area (Å²) in [4.78, 5) is 28.9. The van der Waals surface area contributed by atoms with Gasteiger partial charge >= 0.3 is 5.97 Å². The van der Waals surface area contributed by atoms with E-state index in [-0.39, 0.29) is 11.8 Å². The van der Waals surface area contributed by atoms with Crippen LogP contribution in [0.4, 0.5) is 0 Å². The lowest BCUT2D eigenvalue weighted by atomic mass is 9.97. The van der Waals surface area contributed by atoms with Crippen LogP contribution in [-0.2, 0) is 4.79 Å². The van der Waals surface area contributed by atoms with E-state index in [2.05, 4.69) is 4.90 Å². The van der Waals surface area contributed by atoms with Gasteiger partial charge in [-0.1, -0.05) is 13.3 Å². The molecule has 3 aromatic carbocycles. The first-order chi connectivity index (χ1) is 19.1. The molecule has 202 valence electrons. The molecule has 0 unspecified atom stereocenters. The number of likely N-dealkylation sites (tertiary alicyclic amines) is 1. The molecule has 0 atom stereocenters. The molecule has 0 bridgehead atoms. The molecule has 0 radical (unpaired) electrons. The minimum Gasteiger partial charge on any atom is -0.497 e. The van der Waals surface area contributed by atoms with Crippen molar-refractivity contribution in [3.05, 3.63) is 77.9 Å². The summed E-state index contributed by atoms with van der Waals surface area (Å²) in [6, 6.07) is 20.5. The summed E-state index contributed by atoms with van der Waals surface area (Å²) >= 11 is 1.54. The van der Waals surface area contributed by atoms with Gasteiger partial charge in [-0.05, 0) is 98.2 Å². The van der Waals surface area contributed by atoms with Crippen molar-refractivity contribution in [3.63, 3.8) is 0 Å². The third kappa shape index (κ3) is 6.32. The lowest BCUT2D eigenvalue weighted by molar-refractivity contribution is -0.134. The lowest BCUT2D eigenvalue weighted by Crippen LogP contribution is -2.33. The average molecular weight is 544 g/mol. The van der Waals surface area contributed by atoms with Gasteiger partial charge in [0.25, 0.3) is 0 Å². The molecule has 0 N–H and O–H groups in total. The fourth-order valence-corrected chi connectivity index (χ4v) is 6.07. The number of hydrogen-bond acceptors (Lipinski definition) is 7. The van der Waals surface area contributed by atoms with Crippen LogP contribution in [0.25, 0.3) is 20.5 Å². The van der Waals surface area contributed by atoms with Crippen LogP contribution in [0.2, 0.25) is 0 Å². The molecule has 0 amide bonds. The SMILES string of the molecule is CCC(=O)Oc1ccc(-c2sc3cc(OC)ccc3c2C(=O)c2ccc(OCCN3CCCCC3)cc2)cc1. The van der Waals surface area contributed by atoms with Gasteiger partial charge in [0.05, 0.1) is 7.11 Å². The molecule has 6 nitrogen and oxygen atoms in total. The van der Waals surface area contributed by atoms with Gasteiger partial charge in [-0.2, -0.15) is 0 Å². The van der Waals surface area contributed by atoms with Gasteiger partial charge < -0.3 is 14.2 Å². The molecule has 39 heavy (non-hydrogen) atoms.